The van der Waals surface area contributed by atoms with Gasteiger partial charge in [-0.2, -0.15) is 0 Å². The van der Waals surface area contributed by atoms with Crippen molar-refractivity contribution in [1.82, 2.24) is 15.0 Å². The van der Waals surface area contributed by atoms with E-state index in [4.69, 9.17) is 16.3 Å². The first-order valence-electron chi connectivity index (χ1n) is 5.27. The number of hydrogen-bond acceptors (Lipinski definition) is 4. The van der Waals surface area contributed by atoms with E-state index in [2.05, 4.69) is 15.0 Å². The molecular weight excluding hydrogens is 238 g/mol. The quantitative estimate of drug-likeness (QED) is 0.781. The van der Waals surface area contributed by atoms with Crippen LogP contribution in [-0.4, -0.2) is 21.6 Å². The summed E-state index contributed by atoms with van der Waals surface area (Å²) < 4.78 is 5.55. The van der Waals surface area contributed by atoms with E-state index in [-0.39, 0.29) is 0 Å². The maximum atomic E-state index is 5.87. The number of rotatable bonds is 4. The summed E-state index contributed by atoms with van der Waals surface area (Å²) in [6.07, 6.45) is 3.90. The average Bonchev–Trinajstić information content (AvgIpc) is 2.36. The lowest BCUT2D eigenvalue weighted by atomic mass is 10.3. The van der Waals surface area contributed by atoms with Crippen LogP contribution in [0.5, 0.6) is 5.88 Å². The molecule has 0 saturated heterocycles. The molecule has 0 saturated carbocycles. The highest BCUT2D eigenvalue weighted by Crippen LogP contribution is 2.19. The zero-order valence-electron chi connectivity index (χ0n) is 9.43. The van der Waals surface area contributed by atoms with Gasteiger partial charge in [0, 0.05) is 23.9 Å². The summed E-state index contributed by atoms with van der Waals surface area (Å²) in [4.78, 5) is 12.1. The Kier molecular flexibility index (Phi) is 3.88. The van der Waals surface area contributed by atoms with E-state index in [9.17, 15) is 0 Å². The van der Waals surface area contributed by atoms with Gasteiger partial charge in [-0.05, 0) is 19.1 Å². The molecule has 0 fully saturated rings. The van der Waals surface area contributed by atoms with Gasteiger partial charge in [0.25, 0.3) is 0 Å². The highest BCUT2D eigenvalue weighted by Gasteiger charge is 2.05. The molecule has 0 atom stereocenters. The van der Waals surface area contributed by atoms with Gasteiger partial charge in [0.15, 0.2) is 0 Å². The minimum absolute atomic E-state index is 0.424. The van der Waals surface area contributed by atoms with Gasteiger partial charge in [0.1, 0.15) is 11.5 Å². The number of ether oxygens (including phenoxy) is 1. The molecule has 0 aliphatic heterocycles. The third-order valence-corrected chi connectivity index (χ3v) is 2.68. The number of aromatic nitrogens is 3. The Morgan fingerprint density at radius 2 is 2.12 bits per heavy atom. The van der Waals surface area contributed by atoms with Gasteiger partial charge in [-0.3, -0.25) is 4.98 Å². The van der Waals surface area contributed by atoms with Crippen molar-refractivity contribution in [1.29, 1.82) is 0 Å². The van der Waals surface area contributed by atoms with Gasteiger partial charge in [-0.25, -0.2) is 9.97 Å². The fourth-order valence-corrected chi connectivity index (χ4v) is 1.48. The molecule has 0 N–H and O–H groups in total. The summed E-state index contributed by atoms with van der Waals surface area (Å²) in [6.45, 7) is 2.35. The lowest BCUT2D eigenvalue weighted by Gasteiger charge is -2.07. The minimum Gasteiger partial charge on any atom is -0.477 e. The molecular formula is C12H12ClN3O. The van der Waals surface area contributed by atoms with E-state index in [0.29, 0.717) is 17.6 Å². The van der Waals surface area contributed by atoms with Crippen LogP contribution in [-0.2, 0) is 6.42 Å². The summed E-state index contributed by atoms with van der Waals surface area (Å²) in [5.74, 6) is 0.529. The Morgan fingerprint density at radius 3 is 2.88 bits per heavy atom. The van der Waals surface area contributed by atoms with Crippen molar-refractivity contribution in [2.75, 3.05) is 6.61 Å². The molecule has 0 amide bonds. The highest BCUT2D eigenvalue weighted by atomic mass is 35.5. The smallest absolute Gasteiger partial charge is 0.220 e. The zero-order valence-corrected chi connectivity index (χ0v) is 10.2. The summed E-state index contributed by atoms with van der Waals surface area (Å²) in [5.41, 5.74) is 1.75. The molecule has 2 aromatic rings. The lowest BCUT2D eigenvalue weighted by Crippen LogP contribution is -2.05. The molecule has 0 aliphatic carbocycles. The Morgan fingerprint density at radius 1 is 1.24 bits per heavy atom. The van der Waals surface area contributed by atoms with Crippen LogP contribution in [0.15, 0.2) is 30.7 Å². The Balaban J connectivity index is 1.93. The van der Waals surface area contributed by atoms with Gasteiger partial charge in [-0.15, -0.1) is 0 Å². The molecule has 2 aromatic heterocycles. The lowest BCUT2D eigenvalue weighted by molar-refractivity contribution is 0.305. The Bertz CT molecular complexity index is 490. The van der Waals surface area contributed by atoms with Gasteiger partial charge < -0.3 is 4.74 Å². The minimum atomic E-state index is 0.424. The number of pyridine rings is 1. The van der Waals surface area contributed by atoms with Crippen molar-refractivity contribution in [3.8, 4) is 5.88 Å². The monoisotopic (exact) mass is 249 g/mol. The van der Waals surface area contributed by atoms with Crippen LogP contribution in [0.2, 0.25) is 5.15 Å². The van der Waals surface area contributed by atoms with Gasteiger partial charge in [-0.1, -0.05) is 17.7 Å². The van der Waals surface area contributed by atoms with Crippen LogP contribution < -0.4 is 4.74 Å². The summed E-state index contributed by atoms with van der Waals surface area (Å²) in [7, 11) is 0. The Labute approximate surface area is 105 Å². The highest BCUT2D eigenvalue weighted by molar-refractivity contribution is 6.30. The van der Waals surface area contributed by atoms with Crippen molar-refractivity contribution in [2.45, 2.75) is 13.3 Å². The van der Waals surface area contributed by atoms with Crippen LogP contribution >= 0.6 is 11.6 Å². The second kappa shape index (κ2) is 5.59. The third kappa shape index (κ3) is 3.14. The van der Waals surface area contributed by atoms with E-state index in [1.165, 1.54) is 6.33 Å². The van der Waals surface area contributed by atoms with E-state index in [1.54, 1.807) is 6.20 Å². The number of hydrogen-bond donors (Lipinski definition) is 0. The van der Waals surface area contributed by atoms with Crippen LogP contribution in [0, 0.1) is 6.92 Å². The second-order valence-electron chi connectivity index (χ2n) is 3.51. The molecule has 2 heterocycles. The third-order valence-electron chi connectivity index (χ3n) is 2.30. The maximum Gasteiger partial charge on any atom is 0.220 e. The molecule has 5 heteroatoms. The standard InChI is InChI=1S/C12H12ClN3O/c1-9-11(13)15-8-16-12(9)17-7-5-10-4-2-3-6-14-10/h2-4,6,8H,5,7H2,1H3. The largest absolute Gasteiger partial charge is 0.477 e. The van der Waals surface area contributed by atoms with E-state index < -0.39 is 0 Å². The fraction of sp³-hybridized carbons (Fsp3) is 0.250. The second-order valence-corrected chi connectivity index (χ2v) is 3.87. The first-order valence-corrected chi connectivity index (χ1v) is 5.65. The maximum absolute atomic E-state index is 5.87. The molecule has 4 nitrogen and oxygen atoms in total. The molecule has 88 valence electrons. The zero-order chi connectivity index (χ0) is 12.1. The molecule has 0 radical (unpaired) electrons. The van der Waals surface area contributed by atoms with Crippen molar-refractivity contribution < 1.29 is 4.74 Å². The molecule has 0 spiro atoms. The molecule has 0 bridgehead atoms. The van der Waals surface area contributed by atoms with Gasteiger partial charge in [0.2, 0.25) is 5.88 Å². The van der Waals surface area contributed by atoms with Crippen molar-refractivity contribution in [3.63, 3.8) is 0 Å². The SMILES string of the molecule is Cc1c(Cl)ncnc1OCCc1ccccn1. The number of nitrogens with zero attached hydrogens (tertiary/aromatic N) is 3. The predicted molar refractivity (Wildman–Crippen MR) is 65.2 cm³/mol. The Hall–Kier alpha value is -1.68. The molecule has 17 heavy (non-hydrogen) atoms. The van der Waals surface area contributed by atoms with Crippen molar-refractivity contribution in [2.24, 2.45) is 0 Å². The summed E-state index contributed by atoms with van der Waals surface area (Å²) >= 11 is 5.87. The number of halogens is 1. The van der Waals surface area contributed by atoms with Crippen LogP contribution in [0.25, 0.3) is 0 Å². The average molecular weight is 250 g/mol. The molecule has 0 unspecified atom stereocenters. The van der Waals surface area contributed by atoms with E-state index >= 15 is 0 Å². The summed E-state index contributed by atoms with van der Waals surface area (Å²) in [6, 6.07) is 5.80. The van der Waals surface area contributed by atoms with E-state index in [0.717, 1.165) is 17.7 Å². The first-order chi connectivity index (χ1) is 8.27. The van der Waals surface area contributed by atoms with Crippen LogP contribution in [0.1, 0.15) is 11.3 Å². The summed E-state index contributed by atoms with van der Waals surface area (Å²) in [5, 5.41) is 0.424. The van der Waals surface area contributed by atoms with Crippen LogP contribution in [0.4, 0.5) is 0 Å². The van der Waals surface area contributed by atoms with Gasteiger partial charge >= 0.3 is 0 Å². The van der Waals surface area contributed by atoms with Crippen LogP contribution in [0.3, 0.4) is 0 Å². The predicted octanol–water partition coefficient (Wildman–Crippen LogP) is 2.45. The molecule has 0 aromatic carbocycles. The topological polar surface area (TPSA) is 47.9 Å². The first kappa shape index (κ1) is 11.8. The molecule has 2 rings (SSSR count). The fourth-order valence-electron chi connectivity index (χ4n) is 1.36. The van der Waals surface area contributed by atoms with Crippen molar-refractivity contribution >= 4 is 11.6 Å². The molecule has 0 aliphatic rings. The van der Waals surface area contributed by atoms with E-state index in [1.807, 2.05) is 25.1 Å². The van der Waals surface area contributed by atoms with Crippen molar-refractivity contribution in [3.05, 3.63) is 47.1 Å². The van der Waals surface area contributed by atoms with Gasteiger partial charge in [0.05, 0.1) is 6.61 Å². The normalized spacial score (nSPS) is 10.2.